The van der Waals surface area contributed by atoms with E-state index in [4.69, 9.17) is 4.74 Å². The normalized spacial score (nSPS) is 14.2. The molecule has 1 N–H and O–H groups in total. The van der Waals surface area contributed by atoms with Crippen molar-refractivity contribution in [3.05, 3.63) is 48.5 Å². The maximum atomic E-state index is 12.3. The van der Waals surface area contributed by atoms with Crippen molar-refractivity contribution >= 4 is 33.0 Å². The first-order chi connectivity index (χ1) is 14.9. The highest BCUT2D eigenvalue weighted by Crippen LogP contribution is 2.23. The van der Waals surface area contributed by atoms with Gasteiger partial charge in [-0.15, -0.1) is 0 Å². The van der Waals surface area contributed by atoms with Gasteiger partial charge in [-0.25, -0.2) is 8.42 Å². The molecule has 1 heterocycles. The van der Waals surface area contributed by atoms with Gasteiger partial charge in [-0.2, -0.15) is 0 Å². The van der Waals surface area contributed by atoms with Gasteiger partial charge in [0.1, 0.15) is 5.75 Å². The van der Waals surface area contributed by atoms with Crippen LogP contribution in [0.1, 0.15) is 32.1 Å². The molecule has 0 aliphatic carbocycles. The van der Waals surface area contributed by atoms with Crippen LogP contribution in [0.5, 0.6) is 5.75 Å². The predicted octanol–water partition coefficient (Wildman–Crippen LogP) is 3.87. The first-order valence-corrected chi connectivity index (χ1v) is 12.5. The molecule has 8 heteroatoms. The monoisotopic (exact) mass is 445 g/mol. The lowest BCUT2D eigenvalue weighted by atomic mass is 10.1. The Bertz CT molecular complexity index is 953. The first kappa shape index (κ1) is 22.9. The summed E-state index contributed by atoms with van der Waals surface area (Å²) in [6, 6.07) is 14.7. The minimum Gasteiger partial charge on any atom is -0.497 e. The zero-order valence-corrected chi connectivity index (χ0v) is 19.0. The molecule has 1 amide bonds. The van der Waals surface area contributed by atoms with Crippen LogP contribution in [0.3, 0.4) is 0 Å². The largest absolute Gasteiger partial charge is 0.497 e. The summed E-state index contributed by atoms with van der Waals surface area (Å²) in [5.41, 5.74) is 2.49. The van der Waals surface area contributed by atoms with Crippen LogP contribution in [-0.2, 0) is 14.8 Å². The Morgan fingerprint density at radius 1 is 1.03 bits per heavy atom. The van der Waals surface area contributed by atoms with E-state index in [0.717, 1.165) is 18.8 Å². The summed E-state index contributed by atoms with van der Waals surface area (Å²) in [5, 5.41) is 2.90. The van der Waals surface area contributed by atoms with Crippen molar-refractivity contribution in [2.24, 2.45) is 0 Å². The van der Waals surface area contributed by atoms with Gasteiger partial charge in [0.05, 0.1) is 19.1 Å². The summed E-state index contributed by atoms with van der Waals surface area (Å²) < 4.78 is 30.8. The highest BCUT2D eigenvalue weighted by Gasteiger charge is 2.18. The molecule has 1 saturated heterocycles. The number of nitrogens with zero attached hydrogens (tertiary/aromatic N) is 2. The van der Waals surface area contributed by atoms with Crippen LogP contribution < -0.4 is 19.3 Å². The summed E-state index contributed by atoms with van der Waals surface area (Å²) >= 11 is 0. The lowest BCUT2D eigenvalue weighted by Crippen LogP contribution is -2.31. The lowest BCUT2D eigenvalue weighted by Gasteiger charge is -2.28. The van der Waals surface area contributed by atoms with Crippen LogP contribution in [0.15, 0.2) is 48.5 Å². The lowest BCUT2D eigenvalue weighted by molar-refractivity contribution is -0.116. The van der Waals surface area contributed by atoms with Crippen molar-refractivity contribution in [2.45, 2.75) is 32.1 Å². The molecule has 0 radical (unpaired) electrons. The van der Waals surface area contributed by atoms with Crippen LogP contribution in [0, 0.1) is 0 Å². The summed E-state index contributed by atoms with van der Waals surface area (Å²) in [6.07, 6.45) is 5.55. The highest BCUT2D eigenvalue weighted by atomic mass is 32.2. The standard InChI is InChI=1S/C23H31N3O4S/c1-30-22-14-12-21(13-15-22)26(31(2,28)29)18-6-7-23(27)24-19-8-10-20(11-9-19)25-16-4-3-5-17-25/h8-15H,3-7,16-18H2,1-2H3,(H,24,27). The zero-order valence-electron chi connectivity index (χ0n) is 18.2. The predicted molar refractivity (Wildman–Crippen MR) is 126 cm³/mol. The van der Waals surface area contributed by atoms with E-state index in [9.17, 15) is 13.2 Å². The summed E-state index contributed by atoms with van der Waals surface area (Å²) in [4.78, 5) is 14.7. The van der Waals surface area contributed by atoms with E-state index in [1.165, 1.54) is 35.5 Å². The van der Waals surface area contributed by atoms with Crippen molar-refractivity contribution in [1.29, 1.82) is 0 Å². The van der Waals surface area contributed by atoms with Crippen LogP contribution in [0.2, 0.25) is 0 Å². The number of ether oxygens (including phenoxy) is 1. The van der Waals surface area contributed by atoms with E-state index >= 15 is 0 Å². The van der Waals surface area contributed by atoms with Crippen LogP contribution in [0.25, 0.3) is 0 Å². The van der Waals surface area contributed by atoms with E-state index in [1.807, 2.05) is 24.3 Å². The summed E-state index contributed by atoms with van der Waals surface area (Å²) in [7, 11) is -1.90. The maximum absolute atomic E-state index is 12.3. The third-order valence-corrected chi connectivity index (χ3v) is 6.59. The third kappa shape index (κ3) is 6.62. The van der Waals surface area contributed by atoms with Gasteiger partial charge in [0.25, 0.3) is 0 Å². The van der Waals surface area contributed by atoms with Gasteiger partial charge in [-0.05, 0) is 74.2 Å². The molecule has 0 saturated carbocycles. The maximum Gasteiger partial charge on any atom is 0.232 e. The molecule has 3 rings (SSSR count). The van der Waals surface area contributed by atoms with E-state index < -0.39 is 10.0 Å². The van der Waals surface area contributed by atoms with Gasteiger partial charge in [-0.1, -0.05) is 0 Å². The second kappa shape index (κ2) is 10.5. The van der Waals surface area contributed by atoms with Crippen molar-refractivity contribution in [2.75, 3.05) is 47.5 Å². The summed E-state index contributed by atoms with van der Waals surface area (Å²) in [5.74, 6) is 0.525. The number of anilines is 3. The molecule has 0 unspecified atom stereocenters. The number of hydrogen-bond acceptors (Lipinski definition) is 5. The fourth-order valence-electron chi connectivity index (χ4n) is 3.75. The molecule has 1 aliphatic rings. The molecule has 1 fully saturated rings. The number of carbonyl (C=O) groups is 1. The average molecular weight is 446 g/mol. The number of methoxy groups -OCH3 is 1. The van der Waals surface area contributed by atoms with Crippen LogP contribution >= 0.6 is 0 Å². The molecule has 0 atom stereocenters. The molecular formula is C23H31N3O4S. The highest BCUT2D eigenvalue weighted by molar-refractivity contribution is 7.92. The van der Waals surface area contributed by atoms with Gasteiger partial charge < -0.3 is 15.0 Å². The Kier molecular flexibility index (Phi) is 7.79. The molecule has 1 aliphatic heterocycles. The Balaban J connectivity index is 1.51. The van der Waals surface area contributed by atoms with E-state index in [-0.39, 0.29) is 18.9 Å². The molecule has 7 nitrogen and oxygen atoms in total. The number of carbonyl (C=O) groups excluding carboxylic acids is 1. The number of benzene rings is 2. The van der Waals surface area contributed by atoms with Crippen molar-refractivity contribution in [1.82, 2.24) is 0 Å². The number of hydrogen-bond donors (Lipinski definition) is 1. The Labute approximate surface area is 185 Å². The summed E-state index contributed by atoms with van der Waals surface area (Å²) in [6.45, 7) is 2.39. The topological polar surface area (TPSA) is 79.0 Å². The van der Waals surface area contributed by atoms with Gasteiger partial charge in [0.2, 0.25) is 15.9 Å². The number of nitrogens with one attached hydrogen (secondary N) is 1. The molecule has 2 aromatic carbocycles. The van der Waals surface area contributed by atoms with Gasteiger partial charge in [0, 0.05) is 37.4 Å². The minimum atomic E-state index is -3.45. The second-order valence-corrected chi connectivity index (χ2v) is 9.69. The SMILES string of the molecule is COc1ccc(N(CCCC(=O)Nc2ccc(N3CCCCC3)cc2)S(C)(=O)=O)cc1. The molecule has 0 bridgehead atoms. The number of rotatable bonds is 9. The average Bonchev–Trinajstić information content (AvgIpc) is 2.77. The molecular weight excluding hydrogens is 414 g/mol. The van der Waals surface area contributed by atoms with Crippen molar-refractivity contribution < 1.29 is 17.9 Å². The molecule has 31 heavy (non-hydrogen) atoms. The molecule has 0 aromatic heterocycles. The Morgan fingerprint density at radius 2 is 1.68 bits per heavy atom. The van der Waals surface area contributed by atoms with Crippen LogP contribution in [-0.4, -0.2) is 47.3 Å². The number of piperidine rings is 1. The molecule has 0 spiro atoms. The van der Waals surface area contributed by atoms with Gasteiger partial charge in [0.15, 0.2) is 0 Å². The van der Waals surface area contributed by atoms with Crippen molar-refractivity contribution in [3.8, 4) is 5.75 Å². The smallest absolute Gasteiger partial charge is 0.232 e. The second-order valence-electron chi connectivity index (χ2n) is 7.78. The Morgan fingerprint density at radius 3 is 2.26 bits per heavy atom. The van der Waals surface area contributed by atoms with Gasteiger partial charge >= 0.3 is 0 Å². The van der Waals surface area contributed by atoms with E-state index in [1.54, 1.807) is 31.4 Å². The number of sulfonamides is 1. The molecule has 2 aromatic rings. The van der Waals surface area contributed by atoms with E-state index in [2.05, 4.69) is 10.2 Å². The third-order valence-electron chi connectivity index (χ3n) is 5.40. The zero-order chi connectivity index (χ0) is 22.3. The van der Waals surface area contributed by atoms with Gasteiger partial charge in [-0.3, -0.25) is 9.10 Å². The minimum absolute atomic E-state index is 0.131. The fourth-order valence-corrected chi connectivity index (χ4v) is 4.71. The molecule has 168 valence electrons. The van der Waals surface area contributed by atoms with Crippen LogP contribution in [0.4, 0.5) is 17.1 Å². The quantitative estimate of drug-likeness (QED) is 0.634. The van der Waals surface area contributed by atoms with Crippen molar-refractivity contribution in [3.63, 3.8) is 0 Å². The number of amides is 1. The first-order valence-electron chi connectivity index (χ1n) is 10.6. The Hall–Kier alpha value is -2.74. The fraction of sp³-hybridized carbons (Fsp3) is 0.435. The van der Waals surface area contributed by atoms with E-state index in [0.29, 0.717) is 17.9 Å².